The molecule has 0 saturated heterocycles. The summed E-state index contributed by atoms with van der Waals surface area (Å²) in [5.41, 5.74) is 0. The van der Waals surface area contributed by atoms with Crippen molar-refractivity contribution in [3.63, 3.8) is 0 Å². The number of hydrogen-bond acceptors (Lipinski definition) is 0. The topological polar surface area (TPSA) is 0 Å². The van der Waals surface area contributed by atoms with Crippen LogP contribution in [0.1, 0.15) is 0 Å². The summed E-state index contributed by atoms with van der Waals surface area (Å²) in [4.78, 5) is 0. The van der Waals surface area contributed by atoms with Gasteiger partial charge in [-0.05, 0) is 0 Å². The van der Waals surface area contributed by atoms with Crippen LogP contribution in [0.5, 0.6) is 0 Å². The third-order valence-corrected chi connectivity index (χ3v) is 59.5. The quantitative estimate of drug-likeness (QED) is 0.104. The molecule has 6 heteroatoms. The summed E-state index contributed by atoms with van der Waals surface area (Å²) in [6.07, 6.45) is -0.510. The van der Waals surface area contributed by atoms with Crippen molar-refractivity contribution in [1.29, 1.82) is 0 Å². The SMILES string of the molecule is C[Si](C)(CCP(c1ccccc1)c1ccccc1)[Rh]([Cl])[Si](C)(C)CCP(c1ccccc1)c1ccccc1. The Balaban J connectivity index is 1.47. The Morgan fingerprint density at radius 2 is 0.711 bits per heavy atom. The summed E-state index contributed by atoms with van der Waals surface area (Å²) in [5, 5.41) is 5.99. The van der Waals surface area contributed by atoms with Crippen LogP contribution in [-0.2, 0) is 13.6 Å². The molecule has 0 spiro atoms. The second-order valence-corrected chi connectivity index (χ2v) is 47.2. The van der Waals surface area contributed by atoms with Gasteiger partial charge < -0.3 is 0 Å². The molecule has 0 aromatic heterocycles. The normalized spacial score (nSPS) is 12.7. The van der Waals surface area contributed by atoms with E-state index < -0.39 is 26.2 Å². The molecule has 0 aliphatic carbocycles. The van der Waals surface area contributed by atoms with Crippen molar-refractivity contribution in [3.05, 3.63) is 121 Å². The van der Waals surface area contributed by atoms with Gasteiger partial charge in [0.15, 0.2) is 0 Å². The van der Waals surface area contributed by atoms with E-state index in [1.807, 2.05) is 0 Å². The summed E-state index contributed by atoms with van der Waals surface area (Å²) in [6, 6.07) is 47.4. The predicted octanol–water partition coefficient (Wildman–Crippen LogP) is 8.43. The maximum atomic E-state index is 7.68. The van der Waals surface area contributed by atoms with E-state index in [-0.39, 0.29) is 15.8 Å². The molecule has 0 aliphatic heterocycles. The van der Waals surface area contributed by atoms with Crippen LogP contribution in [0.3, 0.4) is 0 Å². The zero-order chi connectivity index (χ0) is 27.0. The average Bonchev–Trinajstić information content (AvgIpc) is 2.95. The molecular weight excluding hydrogens is 641 g/mol. The molecule has 0 saturated carbocycles. The zero-order valence-corrected chi connectivity index (χ0v) is 29.2. The first-order chi connectivity index (χ1) is 18.3. The Morgan fingerprint density at radius 3 is 0.947 bits per heavy atom. The van der Waals surface area contributed by atoms with Crippen LogP contribution in [-0.4, -0.2) is 24.9 Å². The molecule has 0 unspecified atom stereocenters. The van der Waals surface area contributed by atoms with E-state index in [1.165, 1.54) is 45.6 Å². The molecule has 0 fully saturated rings. The van der Waals surface area contributed by atoms with Crippen molar-refractivity contribution < 1.29 is 13.6 Å². The molecule has 0 heterocycles. The first-order valence-corrected chi connectivity index (χ1v) is 29.5. The van der Waals surface area contributed by atoms with Crippen LogP contribution in [0.2, 0.25) is 38.3 Å². The summed E-state index contributed by atoms with van der Waals surface area (Å²) in [5.74, 6) is 0. The summed E-state index contributed by atoms with van der Waals surface area (Å²) >= 11 is -1.23. The third kappa shape index (κ3) is 8.07. The summed E-state index contributed by atoms with van der Waals surface area (Å²) in [7, 11) is 7.00. The van der Waals surface area contributed by atoms with Crippen molar-refractivity contribution in [2.75, 3.05) is 12.3 Å². The van der Waals surface area contributed by atoms with Crippen molar-refractivity contribution in [1.82, 2.24) is 0 Å². The third-order valence-electron chi connectivity index (χ3n) is 6.90. The van der Waals surface area contributed by atoms with E-state index in [0.29, 0.717) is 0 Å². The monoisotopic (exact) mass is 680 g/mol. The molecule has 4 rings (SSSR count). The van der Waals surface area contributed by atoms with E-state index in [4.69, 9.17) is 9.69 Å². The van der Waals surface area contributed by atoms with Crippen molar-refractivity contribution in [3.8, 4) is 0 Å². The van der Waals surface area contributed by atoms with Gasteiger partial charge in [0.05, 0.1) is 0 Å². The molecule has 38 heavy (non-hydrogen) atoms. The van der Waals surface area contributed by atoms with Gasteiger partial charge in [-0.3, -0.25) is 0 Å². The van der Waals surface area contributed by atoms with Crippen molar-refractivity contribution in [2.24, 2.45) is 0 Å². The van der Waals surface area contributed by atoms with Gasteiger partial charge in [-0.1, -0.05) is 0 Å². The zero-order valence-electron chi connectivity index (χ0n) is 23.0. The molecule has 0 N–H and O–H groups in total. The van der Waals surface area contributed by atoms with Crippen molar-refractivity contribution in [2.45, 2.75) is 38.3 Å². The minimum atomic E-state index is -1.52. The van der Waals surface area contributed by atoms with Crippen LogP contribution in [0.25, 0.3) is 0 Å². The predicted molar refractivity (Wildman–Crippen MR) is 178 cm³/mol. The second-order valence-electron chi connectivity index (χ2n) is 10.7. The second kappa shape index (κ2) is 14.1. The first-order valence-electron chi connectivity index (χ1n) is 13.3. The van der Waals surface area contributed by atoms with Crippen LogP contribution >= 0.6 is 25.5 Å². The van der Waals surface area contributed by atoms with Gasteiger partial charge in [0.25, 0.3) is 0 Å². The van der Waals surface area contributed by atoms with Crippen LogP contribution in [0.4, 0.5) is 0 Å². The van der Waals surface area contributed by atoms with Crippen molar-refractivity contribution >= 4 is 59.4 Å². The van der Waals surface area contributed by atoms with E-state index in [2.05, 4.69) is 148 Å². The van der Waals surface area contributed by atoms with E-state index >= 15 is 0 Å². The van der Waals surface area contributed by atoms with Gasteiger partial charge in [0.2, 0.25) is 0 Å². The molecular formula is C32H40ClP2RhSi2. The number of hydrogen-bond donors (Lipinski definition) is 0. The Kier molecular flexibility index (Phi) is 11.2. The number of benzene rings is 4. The van der Waals surface area contributed by atoms with Gasteiger partial charge in [-0.2, -0.15) is 0 Å². The van der Waals surface area contributed by atoms with Gasteiger partial charge in [-0.25, -0.2) is 0 Å². The summed E-state index contributed by atoms with van der Waals surface area (Å²) < 4.78 is 0. The molecule has 0 aliphatic rings. The van der Waals surface area contributed by atoms with Gasteiger partial charge in [0.1, 0.15) is 0 Å². The standard InChI is InChI=1S/2C16H20PSi.ClH.Rh/c2*1-18(2)14-13-17(15-9-5-3-6-10-15)16-11-7-4-8-12-16;;/h2*3-12H,13-14H2,1-2H3;1H;/q;;;+1/p-1. The Hall–Kier alpha value is -0.913. The fraction of sp³-hybridized carbons (Fsp3) is 0.250. The Morgan fingerprint density at radius 1 is 0.474 bits per heavy atom. The molecule has 4 aromatic rings. The van der Waals surface area contributed by atoms with Crippen LogP contribution < -0.4 is 21.2 Å². The molecule has 0 amide bonds. The number of rotatable bonds is 12. The van der Waals surface area contributed by atoms with Gasteiger partial charge in [0, 0.05) is 0 Å². The van der Waals surface area contributed by atoms with Crippen LogP contribution in [0, 0.1) is 0 Å². The fourth-order valence-corrected chi connectivity index (χ4v) is 57.3. The van der Waals surface area contributed by atoms with Crippen LogP contribution in [0.15, 0.2) is 121 Å². The first kappa shape index (κ1) is 30.1. The minimum absolute atomic E-state index is 0.339. The molecule has 0 nitrogen and oxygen atoms in total. The summed E-state index contributed by atoms with van der Waals surface area (Å²) in [6.45, 7) is 10.5. The van der Waals surface area contributed by atoms with E-state index in [0.717, 1.165) is 0 Å². The molecule has 202 valence electrons. The van der Waals surface area contributed by atoms with Gasteiger partial charge >= 0.3 is 245 Å². The molecule has 0 radical (unpaired) electrons. The molecule has 4 aromatic carbocycles. The molecule has 0 atom stereocenters. The van der Waals surface area contributed by atoms with E-state index in [1.54, 1.807) is 0 Å². The Labute approximate surface area is 243 Å². The van der Waals surface area contributed by atoms with Gasteiger partial charge in [-0.15, -0.1) is 0 Å². The maximum absolute atomic E-state index is 7.68. The average molecular weight is 681 g/mol. The number of halogens is 1. The Bertz CT molecular complexity index is 1060. The van der Waals surface area contributed by atoms with E-state index in [9.17, 15) is 0 Å². The fourth-order valence-electron chi connectivity index (χ4n) is 4.75. The molecule has 0 bridgehead atoms.